The van der Waals surface area contributed by atoms with Gasteiger partial charge in [-0.25, -0.2) is 4.79 Å². The van der Waals surface area contributed by atoms with E-state index >= 15 is 0 Å². The van der Waals surface area contributed by atoms with Gasteiger partial charge in [-0.15, -0.1) is 0 Å². The molecule has 1 rings (SSSR count). The van der Waals surface area contributed by atoms with Gasteiger partial charge in [0.15, 0.2) is 0 Å². The fourth-order valence-electron chi connectivity index (χ4n) is 1.40. The van der Waals surface area contributed by atoms with Crippen LogP contribution in [0.25, 0.3) is 0 Å². The summed E-state index contributed by atoms with van der Waals surface area (Å²) in [6.45, 7) is 2.46. The van der Waals surface area contributed by atoms with Gasteiger partial charge in [0.05, 0.1) is 19.8 Å². The highest BCUT2D eigenvalue weighted by Gasteiger charge is 2.11. The van der Waals surface area contributed by atoms with Crippen LogP contribution in [-0.4, -0.2) is 38.0 Å². The smallest absolute Gasteiger partial charge is 0.339 e. The molecule has 100 valence electrons. The predicted octanol–water partition coefficient (Wildman–Crippen LogP) is 2.20. The summed E-state index contributed by atoms with van der Waals surface area (Å²) in [7, 11) is 3.08. The summed E-state index contributed by atoms with van der Waals surface area (Å²) in [6.07, 6.45) is 0.893. The Morgan fingerprint density at radius 1 is 1.39 bits per heavy atom. The molecule has 5 heteroatoms. The van der Waals surface area contributed by atoms with Gasteiger partial charge in [0.2, 0.25) is 0 Å². The molecule has 0 saturated carbocycles. The van der Waals surface area contributed by atoms with E-state index in [9.17, 15) is 4.79 Å². The molecule has 0 fully saturated rings. The lowest BCUT2D eigenvalue weighted by atomic mass is 10.2. The summed E-state index contributed by atoms with van der Waals surface area (Å²) in [5.41, 5.74) is 0.120. The van der Waals surface area contributed by atoms with Crippen molar-refractivity contribution in [3.8, 4) is 11.5 Å². The number of aromatic carboxylic acids is 1. The number of hydrogen-bond donors (Lipinski definition) is 1. The minimum atomic E-state index is -1.02. The van der Waals surface area contributed by atoms with Gasteiger partial charge in [0, 0.05) is 19.6 Å². The maximum absolute atomic E-state index is 10.9. The van der Waals surface area contributed by atoms with Gasteiger partial charge in [-0.2, -0.15) is 0 Å². The first-order valence-electron chi connectivity index (χ1n) is 5.65. The number of carbonyl (C=O) groups is 1. The molecule has 1 aromatic rings. The van der Waals surface area contributed by atoms with Crippen LogP contribution in [0.2, 0.25) is 0 Å². The molecule has 0 aliphatic rings. The molecule has 0 amide bonds. The second-order valence-electron chi connectivity index (χ2n) is 3.85. The number of methoxy groups -OCH3 is 2. The van der Waals surface area contributed by atoms with Gasteiger partial charge >= 0.3 is 5.97 Å². The fraction of sp³-hybridized carbons (Fsp3) is 0.462. The highest BCUT2D eigenvalue weighted by molar-refractivity contribution is 5.91. The molecule has 0 spiro atoms. The lowest BCUT2D eigenvalue weighted by Gasteiger charge is -2.12. The average molecular weight is 254 g/mol. The first-order valence-corrected chi connectivity index (χ1v) is 5.65. The summed E-state index contributed by atoms with van der Waals surface area (Å²) in [6, 6.07) is 4.65. The van der Waals surface area contributed by atoms with E-state index in [4.69, 9.17) is 19.3 Å². The third-order valence-electron chi connectivity index (χ3n) is 2.60. The van der Waals surface area contributed by atoms with Crippen LogP contribution in [0.1, 0.15) is 23.7 Å². The van der Waals surface area contributed by atoms with Gasteiger partial charge in [-0.1, -0.05) is 0 Å². The predicted molar refractivity (Wildman–Crippen MR) is 66.5 cm³/mol. The van der Waals surface area contributed by atoms with Crippen molar-refractivity contribution < 1.29 is 24.1 Å². The van der Waals surface area contributed by atoms with Crippen molar-refractivity contribution >= 4 is 5.97 Å². The van der Waals surface area contributed by atoms with E-state index in [1.54, 1.807) is 19.2 Å². The summed E-state index contributed by atoms with van der Waals surface area (Å²) >= 11 is 0. The van der Waals surface area contributed by atoms with Crippen LogP contribution in [0.4, 0.5) is 0 Å². The normalized spacial score (nSPS) is 11.9. The van der Waals surface area contributed by atoms with Crippen molar-refractivity contribution in [2.24, 2.45) is 0 Å². The van der Waals surface area contributed by atoms with Crippen molar-refractivity contribution in [3.05, 3.63) is 23.8 Å². The molecule has 0 aliphatic heterocycles. The molecule has 5 nitrogen and oxygen atoms in total. The minimum absolute atomic E-state index is 0.120. The Balaban J connectivity index is 2.65. The van der Waals surface area contributed by atoms with Crippen LogP contribution in [-0.2, 0) is 4.74 Å². The molecule has 0 aliphatic carbocycles. The Kier molecular flexibility index (Phi) is 5.45. The van der Waals surface area contributed by atoms with Gasteiger partial charge in [0.25, 0.3) is 0 Å². The molecule has 0 heterocycles. The average Bonchev–Trinajstić information content (AvgIpc) is 2.37. The van der Waals surface area contributed by atoms with E-state index < -0.39 is 5.97 Å². The fourth-order valence-corrected chi connectivity index (χ4v) is 1.40. The zero-order chi connectivity index (χ0) is 13.5. The van der Waals surface area contributed by atoms with Gasteiger partial charge in [-0.3, -0.25) is 0 Å². The number of benzene rings is 1. The Bertz CT molecular complexity index is 402. The van der Waals surface area contributed by atoms with E-state index in [-0.39, 0.29) is 11.7 Å². The van der Waals surface area contributed by atoms with Crippen molar-refractivity contribution in [3.63, 3.8) is 0 Å². The second kappa shape index (κ2) is 6.86. The summed E-state index contributed by atoms with van der Waals surface area (Å²) < 4.78 is 15.6. The molecule has 1 aromatic carbocycles. The zero-order valence-corrected chi connectivity index (χ0v) is 10.8. The van der Waals surface area contributed by atoms with Crippen molar-refractivity contribution in [2.45, 2.75) is 19.4 Å². The quantitative estimate of drug-likeness (QED) is 0.808. The molecule has 0 bridgehead atoms. The largest absolute Gasteiger partial charge is 0.496 e. The number of carboxylic acid groups (broad SMARTS) is 1. The molecular formula is C13H18O5. The molecular weight excluding hydrogens is 236 g/mol. The van der Waals surface area contributed by atoms with Crippen LogP contribution in [0.3, 0.4) is 0 Å². The second-order valence-corrected chi connectivity index (χ2v) is 3.85. The number of carboxylic acids is 1. The van der Waals surface area contributed by atoms with E-state index in [1.807, 2.05) is 6.92 Å². The SMILES string of the molecule is COc1cc(OCCC(C)OC)ccc1C(=O)O. The topological polar surface area (TPSA) is 65.0 Å². The molecule has 0 aromatic heterocycles. The number of rotatable bonds is 7. The van der Waals surface area contributed by atoms with E-state index in [0.29, 0.717) is 18.1 Å². The third-order valence-corrected chi connectivity index (χ3v) is 2.60. The highest BCUT2D eigenvalue weighted by Crippen LogP contribution is 2.24. The lowest BCUT2D eigenvalue weighted by molar-refractivity contribution is 0.0693. The Hall–Kier alpha value is -1.75. The Morgan fingerprint density at radius 3 is 2.67 bits per heavy atom. The van der Waals surface area contributed by atoms with Crippen molar-refractivity contribution in [1.29, 1.82) is 0 Å². The minimum Gasteiger partial charge on any atom is -0.496 e. The standard InChI is InChI=1S/C13H18O5/c1-9(16-2)6-7-18-10-4-5-11(13(14)15)12(8-10)17-3/h4-5,8-9H,6-7H2,1-3H3,(H,14,15). The molecule has 1 atom stereocenters. The highest BCUT2D eigenvalue weighted by atomic mass is 16.5. The molecule has 18 heavy (non-hydrogen) atoms. The van der Waals surface area contributed by atoms with Crippen molar-refractivity contribution in [1.82, 2.24) is 0 Å². The van der Waals surface area contributed by atoms with Crippen LogP contribution >= 0.6 is 0 Å². The van der Waals surface area contributed by atoms with Gasteiger partial charge < -0.3 is 19.3 Å². The Morgan fingerprint density at radius 2 is 2.11 bits per heavy atom. The van der Waals surface area contributed by atoms with Crippen LogP contribution in [0.15, 0.2) is 18.2 Å². The summed E-state index contributed by atoms with van der Waals surface area (Å²) in [5.74, 6) is -0.147. The van der Waals surface area contributed by atoms with Crippen LogP contribution < -0.4 is 9.47 Å². The van der Waals surface area contributed by atoms with E-state index in [2.05, 4.69) is 0 Å². The van der Waals surface area contributed by atoms with Gasteiger partial charge in [-0.05, 0) is 19.1 Å². The first kappa shape index (κ1) is 14.3. The van der Waals surface area contributed by atoms with E-state index in [0.717, 1.165) is 6.42 Å². The molecule has 0 saturated heterocycles. The zero-order valence-electron chi connectivity index (χ0n) is 10.8. The van der Waals surface area contributed by atoms with E-state index in [1.165, 1.54) is 13.2 Å². The molecule has 1 N–H and O–H groups in total. The third kappa shape index (κ3) is 3.92. The first-order chi connectivity index (χ1) is 8.58. The number of ether oxygens (including phenoxy) is 3. The van der Waals surface area contributed by atoms with Crippen LogP contribution in [0, 0.1) is 0 Å². The molecule has 0 radical (unpaired) electrons. The summed E-state index contributed by atoms with van der Waals surface area (Å²) in [4.78, 5) is 10.9. The molecule has 1 unspecified atom stereocenters. The number of hydrogen-bond acceptors (Lipinski definition) is 4. The monoisotopic (exact) mass is 254 g/mol. The lowest BCUT2D eigenvalue weighted by Crippen LogP contribution is -2.10. The van der Waals surface area contributed by atoms with Crippen LogP contribution in [0.5, 0.6) is 11.5 Å². The summed E-state index contributed by atoms with van der Waals surface area (Å²) in [5, 5.41) is 8.93. The Labute approximate surface area is 106 Å². The van der Waals surface area contributed by atoms with Crippen molar-refractivity contribution in [2.75, 3.05) is 20.8 Å². The van der Waals surface area contributed by atoms with Gasteiger partial charge in [0.1, 0.15) is 17.1 Å². The maximum atomic E-state index is 10.9. The maximum Gasteiger partial charge on any atom is 0.339 e.